The molecule has 0 bridgehead atoms. The van der Waals surface area contributed by atoms with Crippen molar-refractivity contribution in [1.29, 1.82) is 0 Å². The molecule has 5 nitrogen and oxygen atoms in total. The molecule has 126 valence electrons. The maximum absolute atomic E-state index is 12.4. The van der Waals surface area contributed by atoms with Crippen molar-refractivity contribution in [3.63, 3.8) is 0 Å². The lowest BCUT2D eigenvalue weighted by Gasteiger charge is -2.39. The van der Waals surface area contributed by atoms with Crippen LogP contribution in [0.3, 0.4) is 0 Å². The van der Waals surface area contributed by atoms with Gasteiger partial charge in [-0.3, -0.25) is 4.79 Å². The fourth-order valence-corrected chi connectivity index (χ4v) is 3.43. The molecule has 0 saturated carbocycles. The first-order chi connectivity index (χ1) is 10.9. The SMILES string of the molecule is CCCC1(C(N)=O)CCN(C(=O)Nc2ccc(C)cc2Cl)CC1. The van der Waals surface area contributed by atoms with Crippen LogP contribution in [0.15, 0.2) is 18.2 Å². The van der Waals surface area contributed by atoms with Gasteiger partial charge in [0.15, 0.2) is 0 Å². The largest absolute Gasteiger partial charge is 0.369 e. The van der Waals surface area contributed by atoms with E-state index in [1.54, 1.807) is 11.0 Å². The zero-order valence-electron chi connectivity index (χ0n) is 13.7. The highest BCUT2D eigenvalue weighted by atomic mass is 35.5. The molecule has 0 atom stereocenters. The zero-order chi connectivity index (χ0) is 17.0. The smallest absolute Gasteiger partial charge is 0.321 e. The quantitative estimate of drug-likeness (QED) is 0.881. The molecule has 1 saturated heterocycles. The van der Waals surface area contributed by atoms with Crippen LogP contribution in [0, 0.1) is 12.3 Å². The Bertz CT molecular complexity index is 596. The second-order valence-corrected chi connectivity index (χ2v) is 6.70. The van der Waals surface area contributed by atoms with Crippen LogP contribution in [-0.2, 0) is 4.79 Å². The molecule has 0 unspecified atom stereocenters. The Balaban J connectivity index is 1.99. The van der Waals surface area contributed by atoms with E-state index in [1.807, 2.05) is 26.0 Å². The number of hydrogen-bond donors (Lipinski definition) is 2. The van der Waals surface area contributed by atoms with E-state index < -0.39 is 5.41 Å². The molecule has 1 aromatic carbocycles. The van der Waals surface area contributed by atoms with Gasteiger partial charge in [-0.15, -0.1) is 0 Å². The van der Waals surface area contributed by atoms with Crippen molar-refractivity contribution in [2.24, 2.45) is 11.1 Å². The molecule has 6 heteroatoms. The van der Waals surface area contributed by atoms with Gasteiger partial charge in [0.05, 0.1) is 16.1 Å². The van der Waals surface area contributed by atoms with E-state index in [4.69, 9.17) is 17.3 Å². The molecule has 1 aromatic rings. The predicted octanol–water partition coefficient (Wildman–Crippen LogP) is 3.55. The minimum atomic E-state index is -0.465. The molecule has 0 aromatic heterocycles. The van der Waals surface area contributed by atoms with Gasteiger partial charge in [-0.1, -0.05) is 31.0 Å². The molecule has 2 rings (SSSR count). The first kappa shape index (κ1) is 17.6. The van der Waals surface area contributed by atoms with Crippen LogP contribution in [0.25, 0.3) is 0 Å². The normalized spacial score (nSPS) is 16.9. The van der Waals surface area contributed by atoms with E-state index in [-0.39, 0.29) is 11.9 Å². The molecule has 3 amide bonds. The Labute approximate surface area is 142 Å². The molecule has 0 radical (unpaired) electrons. The number of rotatable bonds is 4. The molecule has 0 spiro atoms. The number of urea groups is 1. The summed E-state index contributed by atoms with van der Waals surface area (Å²) in [6.45, 7) is 5.04. The van der Waals surface area contributed by atoms with Crippen molar-refractivity contribution >= 4 is 29.2 Å². The molecular weight excluding hydrogens is 314 g/mol. The number of carbonyl (C=O) groups is 2. The summed E-state index contributed by atoms with van der Waals surface area (Å²) < 4.78 is 0. The maximum atomic E-state index is 12.4. The third kappa shape index (κ3) is 3.96. The summed E-state index contributed by atoms with van der Waals surface area (Å²) in [6, 6.07) is 5.32. The Kier molecular flexibility index (Phi) is 5.52. The van der Waals surface area contributed by atoms with E-state index in [1.165, 1.54) is 0 Å². The van der Waals surface area contributed by atoms with Crippen LogP contribution in [0.2, 0.25) is 5.02 Å². The van der Waals surface area contributed by atoms with Crippen molar-refractivity contribution in [1.82, 2.24) is 4.90 Å². The van der Waals surface area contributed by atoms with Crippen LogP contribution in [-0.4, -0.2) is 29.9 Å². The summed E-state index contributed by atoms with van der Waals surface area (Å²) in [5, 5.41) is 3.36. The van der Waals surface area contributed by atoms with Gasteiger partial charge in [-0.2, -0.15) is 0 Å². The Morgan fingerprint density at radius 1 is 1.35 bits per heavy atom. The van der Waals surface area contributed by atoms with Crippen molar-refractivity contribution < 1.29 is 9.59 Å². The lowest BCUT2D eigenvalue weighted by Crippen LogP contribution is -2.49. The molecular formula is C17H24ClN3O2. The summed E-state index contributed by atoms with van der Waals surface area (Å²) in [7, 11) is 0. The zero-order valence-corrected chi connectivity index (χ0v) is 14.4. The number of benzene rings is 1. The summed E-state index contributed by atoms with van der Waals surface area (Å²) >= 11 is 6.15. The van der Waals surface area contributed by atoms with E-state index in [0.717, 1.165) is 18.4 Å². The predicted molar refractivity (Wildman–Crippen MR) is 92.6 cm³/mol. The number of nitrogens with two attached hydrogens (primary N) is 1. The summed E-state index contributed by atoms with van der Waals surface area (Å²) in [4.78, 5) is 25.9. The van der Waals surface area contributed by atoms with Crippen molar-refractivity contribution in [3.8, 4) is 0 Å². The standard InChI is InChI=1S/C17H24ClN3O2/c1-3-6-17(15(19)22)7-9-21(10-8-17)16(23)20-14-5-4-12(2)11-13(14)18/h4-5,11H,3,6-10H2,1-2H3,(H2,19,22)(H,20,23). The van der Waals surface area contributed by atoms with E-state index in [9.17, 15) is 9.59 Å². The molecule has 1 aliphatic heterocycles. The molecule has 1 fully saturated rings. The number of amides is 3. The highest BCUT2D eigenvalue weighted by Gasteiger charge is 2.40. The Hall–Kier alpha value is -1.75. The average molecular weight is 338 g/mol. The topological polar surface area (TPSA) is 75.4 Å². The number of nitrogens with zero attached hydrogens (tertiary/aromatic N) is 1. The molecule has 1 heterocycles. The van der Waals surface area contributed by atoms with Crippen LogP contribution < -0.4 is 11.1 Å². The number of halogens is 1. The van der Waals surface area contributed by atoms with Crippen LogP contribution in [0.1, 0.15) is 38.2 Å². The van der Waals surface area contributed by atoms with Gasteiger partial charge >= 0.3 is 6.03 Å². The molecule has 0 aliphatic carbocycles. The average Bonchev–Trinajstić information content (AvgIpc) is 2.50. The van der Waals surface area contributed by atoms with E-state index in [2.05, 4.69) is 5.32 Å². The monoisotopic (exact) mass is 337 g/mol. The third-order valence-electron chi connectivity index (χ3n) is 4.63. The minimum Gasteiger partial charge on any atom is -0.369 e. The molecule has 3 N–H and O–H groups in total. The number of nitrogens with one attached hydrogen (secondary N) is 1. The third-order valence-corrected chi connectivity index (χ3v) is 4.94. The van der Waals surface area contributed by atoms with Gasteiger partial charge in [0.1, 0.15) is 0 Å². The first-order valence-corrected chi connectivity index (χ1v) is 8.38. The number of carbonyl (C=O) groups excluding carboxylic acids is 2. The Morgan fingerprint density at radius 2 is 2.00 bits per heavy atom. The number of primary amides is 1. The second kappa shape index (κ2) is 7.21. The van der Waals surface area contributed by atoms with Crippen LogP contribution in [0.5, 0.6) is 0 Å². The summed E-state index contributed by atoms with van der Waals surface area (Å²) in [5.74, 6) is -0.249. The van der Waals surface area contributed by atoms with Crippen molar-refractivity contribution in [3.05, 3.63) is 28.8 Å². The number of aryl methyl sites for hydroxylation is 1. The minimum absolute atomic E-state index is 0.190. The van der Waals surface area contributed by atoms with Gasteiger partial charge in [-0.25, -0.2) is 4.79 Å². The fraction of sp³-hybridized carbons (Fsp3) is 0.529. The summed E-state index contributed by atoms with van der Waals surface area (Å²) in [6.07, 6.45) is 2.92. The molecule has 23 heavy (non-hydrogen) atoms. The number of hydrogen-bond acceptors (Lipinski definition) is 2. The number of piperidine rings is 1. The lowest BCUT2D eigenvalue weighted by molar-refractivity contribution is -0.130. The van der Waals surface area contributed by atoms with Gasteiger partial charge in [-0.05, 0) is 43.9 Å². The lowest BCUT2D eigenvalue weighted by atomic mass is 9.74. The highest BCUT2D eigenvalue weighted by Crippen LogP contribution is 2.36. The van der Waals surface area contributed by atoms with Gasteiger partial charge in [0.25, 0.3) is 0 Å². The maximum Gasteiger partial charge on any atom is 0.321 e. The van der Waals surface area contributed by atoms with Gasteiger partial charge < -0.3 is 16.0 Å². The van der Waals surface area contributed by atoms with Crippen molar-refractivity contribution in [2.75, 3.05) is 18.4 Å². The van der Waals surface area contributed by atoms with Gasteiger partial charge in [0, 0.05) is 13.1 Å². The van der Waals surface area contributed by atoms with Gasteiger partial charge in [0.2, 0.25) is 5.91 Å². The molecule has 1 aliphatic rings. The highest BCUT2D eigenvalue weighted by molar-refractivity contribution is 6.33. The number of anilines is 1. The Morgan fingerprint density at radius 3 is 2.52 bits per heavy atom. The van der Waals surface area contributed by atoms with E-state index >= 15 is 0 Å². The fourth-order valence-electron chi connectivity index (χ4n) is 3.15. The van der Waals surface area contributed by atoms with E-state index in [0.29, 0.717) is 36.6 Å². The number of likely N-dealkylation sites (tertiary alicyclic amines) is 1. The second-order valence-electron chi connectivity index (χ2n) is 6.30. The van der Waals surface area contributed by atoms with Crippen LogP contribution >= 0.6 is 11.6 Å². The summed E-state index contributed by atoms with van der Waals surface area (Å²) in [5.41, 5.74) is 6.76. The van der Waals surface area contributed by atoms with Crippen molar-refractivity contribution in [2.45, 2.75) is 39.5 Å². The van der Waals surface area contributed by atoms with Crippen LogP contribution in [0.4, 0.5) is 10.5 Å². The first-order valence-electron chi connectivity index (χ1n) is 8.00.